The molecular formula is C9H20O5. The number of aliphatic hydroxyl groups excluding tert-OH is 5. The third kappa shape index (κ3) is 4.69. The minimum Gasteiger partial charge on any atom is -0.396 e. The fourth-order valence-electron chi connectivity index (χ4n) is 0.660. The number of hydrogen-bond donors (Lipinski definition) is 5. The molecule has 0 heterocycles. The number of aliphatic hydroxyl groups is 5. The highest BCUT2D eigenvalue weighted by Crippen LogP contribution is 2.19. The summed E-state index contributed by atoms with van der Waals surface area (Å²) in [5.41, 5.74) is -1.39. The monoisotopic (exact) mass is 208 g/mol. The van der Waals surface area contributed by atoms with E-state index in [9.17, 15) is 0 Å². The zero-order chi connectivity index (χ0) is 11.6. The fraction of sp³-hybridized carbons (Fsp3) is 0.778. The summed E-state index contributed by atoms with van der Waals surface area (Å²) in [5, 5.41) is 43.6. The van der Waals surface area contributed by atoms with Crippen LogP contribution in [-0.4, -0.2) is 58.1 Å². The van der Waals surface area contributed by atoms with Crippen molar-refractivity contribution < 1.29 is 25.5 Å². The predicted octanol–water partition coefficient (Wildman–Crippen LogP) is -1.50. The van der Waals surface area contributed by atoms with E-state index in [0.29, 0.717) is 0 Å². The van der Waals surface area contributed by atoms with Gasteiger partial charge in [0.05, 0.1) is 37.9 Å². The molecule has 0 fully saturated rings. The van der Waals surface area contributed by atoms with Crippen molar-refractivity contribution in [2.45, 2.75) is 13.0 Å². The molecule has 0 aromatic carbocycles. The second kappa shape index (κ2) is 9.11. The molecule has 5 heteroatoms. The van der Waals surface area contributed by atoms with Gasteiger partial charge >= 0.3 is 0 Å². The highest BCUT2D eigenvalue weighted by atomic mass is 16.3. The fourth-order valence-corrected chi connectivity index (χ4v) is 0.660. The normalized spacial score (nSPS) is 12.7. The molecule has 86 valence electrons. The summed E-state index contributed by atoms with van der Waals surface area (Å²) >= 11 is 0. The van der Waals surface area contributed by atoms with E-state index in [4.69, 9.17) is 25.5 Å². The number of hydrogen-bond acceptors (Lipinski definition) is 5. The minimum atomic E-state index is -1.39. The van der Waals surface area contributed by atoms with E-state index in [2.05, 4.69) is 6.58 Å². The summed E-state index contributed by atoms with van der Waals surface area (Å²) in [7, 11) is 0. The summed E-state index contributed by atoms with van der Waals surface area (Å²) < 4.78 is 0. The lowest BCUT2D eigenvalue weighted by Gasteiger charge is -2.31. The van der Waals surface area contributed by atoms with Gasteiger partial charge < -0.3 is 25.5 Å². The van der Waals surface area contributed by atoms with Crippen LogP contribution in [0.4, 0.5) is 0 Å². The van der Waals surface area contributed by atoms with E-state index in [-0.39, 0.29) is 0 Å². The smallest absolute Gasteiger partial charge is 0.0893 e. The summed E-state index contributed by atoms with van der Waals surface area (Å²) in [5.74, 6) is 0. The Kier molecular flexibility index (Phi) is 10.4. The Bertz CT molecular complexity index is 125. The van der Waals surface area contributed by atoms with Gasteiger partial charge in [0.1, 0.15) is 0 Å². The molecule has 5 N–H and O–H groups in total. The Labute approximate surface area is 83.9 Å². The molecule has 5 nitrogen and oxygen atoms in total. The van der Waals surface area contributed by atoms with Crippen LogP contribution in [0.5, 0.6) is 0 Å². The van der Waals surface area contributed by atoms with Crippen molar-refractivity contribution in [3.05, 3.63) is 12.7 Å². The van der Waals surface area contributed by atoms with Crippen LogP contribution in [0, 0.1) is 5.41 Å². The molecule has 0 bridgehead atoms. The van der Waals surface area contributed by atoms with Crippen molar-refractivity contribution in [1.29, 1.82) is 0 Å². The van der Waals surface area contributed by atoms with E-state index < -0.39 is 37.9 Å². The van der Waals surface area contributed by atoms with Crippen LogP contribution in [0.1, 0.15) is 6.92 Å². The van der Waals surface area contributed by atoms with E-state index in [1.54, 1.807) is 6.08 Å². The van der Waals surface area contributed by atoms with Gasteiger partial charge in [-0.3, -0.25) is 0 Å². The molecule has 0 rings (SSSR count). The van der Waals surface area contributed by atoms with Gasteiger partial charge in [-0.05, 0) is 6.92 Å². The molecular weight excluding hydrogens is 188 g/mol. The zero-order valence-corrected chi connectivity index (χ0v) is 8.43. The number of allylic oxidation sites excluding steroid dienone is 1. The zero-order valence-electron chi connectivity index (χ0n) is 8.43. The maximum atomic E-state index is 9.04. The maximum absolute atomic E-state index is 9.04. The van der Waals surface area contributed by atoms with Gasteiger partial charge in [0.15, 0.2) is 0 Å². The van der Waals surface area contributed by atoms with Gasteiger partial charge in [0.2, 0.25) is 0 Å². The Balaban J connectivity index is 0. The Morgan fingerprint density at radius 3 is 1.50 bits per heavy atom. The molecule has 0 spiro atoms. The van der Waals surface area contributed by atoms with Gasteiger partial charge in [0, 0.05) is 0 Å². The average molecular weight is 208 g/mol. The largest absolute Gasteiger partial charge is 0.396 e. The van der Waals surface area contributed by atoms with Crippen molar-refractivity contribution in [3.8, 4) is 0 Å². The van der Waals surface area contributed by atoms with Crippen LogP contribution in [0.15, 0.2) is 12.7 Å². The van der Waals surface area contributed by atoms with Crippen LogP contribution in [0.2, 0.25) is 0 Å². The van der Waals surface area contributed by atoms with E-state index in [1.807, 2.05) is 6.92 Å². The molecule has 0 aromatic rings. The van der Waals surface area contributed by atoms with Gasteiger partial charge in [-0.15, -0.1) is 6.58 Å². The van der Waals surface area contributed by atoms with Crippen LogP contribution in [-0.2, 0) is 0 Å². The first-order valence-electron chi connectivity index (χ1n) is 4.27. The lowest BCUT2D eigenvalue weighted by atomic mass is 9.85. The minimum absolute atomic E-state index is 0.568. The average Bonchev–Trinajstić information content (AvgIpc) is 2.22. The standard InChI is InChI=1S/C6H14O5.C3H6/c7-1-5(11)6(2-8,3-9)4-10;1-3-2/h5,7-11H,1-4H2;3H,1H2,2H3. The third-order valence-corrected chi connectivity index (χ3v) is 1.82. The first-order chi connectivity index (χ1) is 6.58. The molecule has 0 aliphatic carbocycles. The van der Waals surface area contributed by atoms with Crippen molar-refractivity contribution in [1.82, 2.24) is 0 Å². The predicted molar refractivity (Wildman–Crippen MR) is 52.7 cm³/mol. The lowest BCUT2D eigenvalue weighted by molar-refractivity contribution is -0.1000. The maximum Gasteiger partial charge on any atom is 0.0893 e. The summed E-state index contributed by atoms with van der Waals surface area (Å²) in [6.45, 7) is 2.95. The van der Waals surface area contributed by atoms with Crippen LogP contribution in [0.3, 0.4) is 0 Å². The van der Waals surface area contributed by atoms with Crippen LogP contribution >= 0.6 is 0 Å². The van der Waals surface area contributed by atoms with Crippen molar-refractivity contribution >= 4 is 0 Å². The second-order valence-corrected chi connectivity index (χ2v) is 2.94. The molecule has 0 saturated carbocycles. The highest BCUT2D eigenvalue weighted by molar-refractivity contribution is 4.84. The van der Waals surface area contributed by atoms with Gasteiger partial charge in [0.25, 0.3) is 0 Å². The molecule has 0 radical (unpaired) electrons. The van der Waals surface area contributed by atoms with Crippen LogP contribution < -0.4 is 0 Å². The molecule has 1 atom stereocenters. The molecule has 0 saturated heterocycles. The molecule has 0 aliphatic rings. The SMILES string of the molecule is C=CC.OCC(O)C(CO)(CO)CO. The third-order valence-electron chi connectivity index (χ3n) is 1.82. The van der Waals surface area contributed by atoms with Crippen LogP contribution in [0.25, 0.3) is 0 Å². The molecule has 1 unspecified atom stereocenters. The van der Waals surface area contributed by atoms with Crippen molar-refractivity contribution in [3.63, 3.8) is 0 Å². The molecule has 0 amide bonds. The second-order valence-electron chi connectivity index (χ2n) is 2.94. The Morgan fingerprint density at radius 1 is 1.14 bits per heavy atom. The van der Waals surface area contributed by atoms with Gasteiger partial charge in [-0.25, -0.2) is 0 Å². The summed E-state index contributed by atoms with van der Waals surface area (Å²) in [4.78, 5) is 0. The first kappa shape index (κ1) is 16.0. The van der Waals surface area contributed by atoms with E-state index in [1.165, 1.54) is 0 Å². The van der Waals surface area contributed by atoms with Gasteiger partial charge in [-0.2, -0.15) is 0 Å². The Hall–Kier alpha value is -0.460. The Morgan fingerprint density at radius 2 is 1.43 bits per heavy atom. The lowest BCUT2D eigenvalue weighted by Crippen LogP contribution is -2.46. The van der Waals surface area contributed by atoms with E-state index in [0.717, 1.165) is 0 Å². The van der Waals surface area contributed by atoms with E-state index >= 15 is 0 Å². The van der Waals surface area contributed by atoms with Crippen molar-refractivity contribution in [2.24, 2.45) is 5.41 Å². The van der Waals surface area contributed by atoms with Crippen molar-refractivity contribution in [2.75, 3.05) is 26.4 Å². The van der Waals surface area contributed by atoms with Gasteiger partial charge in [-0.1, -0.05) is 6.08 Å². The molecule has 0 aromatic heterocycles. The summed E-state index contributed by atoms with van der Waals surface area (Å²) in [6.07, 6.45) is 0.447. The highest BCUT2D eigenvalue weighted by Gasteiger charge is 2.35. The molecule has 14 heavy (non-hydrogen) atoms. The quantitative estimate of drug-likeness (QED) is 0.354. The topological polar surface area (TPSA) is 101 Å². The molecule has 0 aliphatic heterocycles. The first-order valence-corrected chi connectivity index (χ1v) is 4.27. The number of rotatable bonds is 5. The summed E-state index contributed by atoms with van der Waals surface area (Å²) in [6, 6.07) is 0.